The molecular formula is C11H15NO3. The van der Waals surface area contributed by atoms with Crippen molar-refractivity contribution in [3.8, 4) is 5.75 Å². The number of nitrogens with one attached hydrogen (secondary N) is 1. The second-order valence-corrected chi connectivity index (χ2v) is 3.07. The summed E-state index contributed by atoms with van der Waals surface area (Å²) in [6.45, 7) is 2.46. The Morgan fingerprint density at radius 1 is 1.53 bits per heavy atom. The largest absolute Gasteiger partial charge is 0.496 e. The van der Waals surface area contributed by atoms with E-state index in [9.17, 15) is 4.79 Å². The van der Waals surface area contributed by atoms with E-state index >= 15 is 0 Å². The molecule has 0 bridgehead atoms. The molecule has 1 unspecified atom stereocenters. The van der Waals surface area contributed by atoms with Crippen LogP contribution in [0.1, 0.15) is 18.5 Å². The maximum Gasteiger partial charge on any atom is 0.325 e. The van der Waals surface area contributed by atoms with Gasteiger partial charge in [0.05, 0.1) is 7.11 Å². The Balaban J connectivity index is 3.04. The molecule has 1 aromatic rings. The number of carboxylic acids is 1. The van der Waals surface area contributed by atoms with Crippen molar-refractivity contribution in [2.75, 3.05) is 13.7 Å². The number of likely N-dealkylation sites (N-methyl/N-ethyl adjacent to an activating group) is 1. The molecule has 0 spiro atoms. The fourth-order valence-electron chi connectivity index (χ4n) is 1.44. The van der Waals surface area contributed by atoms with Crippen LogP contribution in [0.3, 0.4) is 0 Å². The van der Waals surface area contributed by atoms with Crippen molar-refractivity contribution >= 4 is 5.97 Å². The molecular weight excluding hydrogens is 194 g/mol. The first-order valence-corrected chi connectivity index (χ1v) is 4.79. The first-order valence-electron chi connectivity index (χ1n) is 4.79. The summed E-state index contributed by atoms with van der Waals surface area (Å²) in [5, 5.41) is 12.0. The normalized spacial score (nSPS) is 12.1. The van der Waals surface area contributed by atoms with Crippen molar-refractivity contribution in [3.63, 3.8) is 0 Å². The predicted octanol–water partition coefficient (Wildman–Crippen LogP) is 1.43. The first-order chi connectivity index (χ1) is 7.20. The van der Waals surface area contributed by atoms with E-state index in [1.165, 1.54) is 7.11 Å². The third kappa shape index (κ3) is 2.70. The molecule has 1 aromatic carbocycles. The minimum atomic E-state index is -0.902. The number of hydrogen-bond acceptors (Lipinski definition) is 3. The summed E-state index contributed by atoms with van der Waals surface area (Å²) in [4.78, 5) is 11.0. The van der Waals surface area contributed by atoms with E-state index in [4.69, 9.17) is 9.84 Å². The Hall–Kier alpha value is -1.55. The third-order valence-corrected chi connectivity index (χ3v) is 2.11. The molecule has 0 amide bonds. The highest BCUT2D eigenvalue weighted by atomic mass is 16.5. The van der Waals surface area contributed by atoms with Crippen molar-refractivity contribution in [1.82, 2.24) is 5.32 Å². The summed E-state index contributed by atoms with van der Waals surface area (Å²) in [5.74, 6) is -0.313. The van der Waals surface area contributed by atoms with Gasteiger partial charge in [0.15, 0.2) is 0 Å². The van der Waals surface area contributed by atoms with Crippen molar-refractivity contribution in [2.45, 2.75) is 13.0 Å². The Kier molecular flexibility index (Phi) is 4.12. The summed E-state index contributed by atoms with van der Waals surface area (Å²) >= 11 is 0. The SMILES string of the molecule is CCNC(C(=O)O)c1ccccc1OC. The van der Waals surface area contributed by atoms with Gasteiger partial charge in [-0.15, -0.1) is 0 Å². The maximum absolute atomic E-state index is 11.0. The van der Waals surface area contributed by atoms with E-state index in [1.807, 2.05) is 13.0 Å². The molecule has 4 nitrogen and oxygen atoms in total. The Morgan fingerprint density at radius 2 is 2.20 bits per heavy atom. The molecule has 1 rings (SSSR count). The lowest BCUT2D eigenvalue weighted by atomic mass is 10.1. The number of hydrogen-bond donors (Lipinski definition) is 2. The van der Waals surface area contributed by atoms with Gasteiger partial charge in [0.25, 0.3) is 0 Å². The summed E-state index contributed by atoms with van der Waals surface area (Å²) in [5.41, 5.74) is 0.648. The van der Waals surface area contributed by atoms with Gasteiger partial charge in [0, 0.05) is 5.56 Å². The van der Waals surface area contributed by atoms with Crippen LogP contribution in [0.15, 0.2) is 24.3 Å². The highest BCUT2D eigenvalue weighted by molar-refractivity contribution is 5.76. The summed E-state index contributed by atoms with van der Waals surface area (Å²) < 4.78 is 5.12. The highest BCUT2D eigenvalue weighted by Gasteiger charge is 2.21. The van der Waals surface area contributed by atoms with E-state index in [0.717, 1.165) is 0 Å². The fourth-order valence-corrected chi connectivity index (χ4v) is 1.44. The van der Waals surface area contributed by atoms with Crippen LogP contribution in [0.4, 0.5) is 0 Å². The zero-order valence-electron chi connectivity index (χ0n) is 8.86. The van der Waals surface area contributed by atoms with Gasteiger partial charge in [-0.25, -0.2) is 0 Å². The first kappa shape index (κ1) is 11.5. The lowest BCUT2D eigenvalue weighted by Gasteiger charge is -2.16. The molecule has 0 aliphatic carbocycles. The summed E-state index contributed by atoms with van der Waals surface area (Å²) in [6.07, 6.45) is 0. The number of aliphatic carboxylic acids is 1. The van der Waals surface area contributed by atoms with Crippen LogP contribution in [0.2, 0.25) is 0 Å². The van der Waals surface area contributed by atoms with E-state index in [1.54, 1.807) is 18.2 Å². The quantitative estimate of drug-likeness (QED) is 0.770. The van der Waals surface area contributed by atoms with Gasteiger partial charge in [-0.3, -0.25) is 4.79 Å². The second kappa shape index (κ2) is 5.36. The van der Waals surface area contributed by atoms with Gasteiger partial charge in [0.2, 0.25) is 0 Å². The van der Waals surface area contributed by atoms with Gasteiger partial charge in [-0.1, -0.05) is 25.1 Å². The van der Waals surface area contributed by atoms with Gasteiger partial charge >= 0.3 is 5.97 Å². The molecule has 1 atom stereocenters. The molecule has 0 aromatic heterocycles. The molecule has 0 radical (unpaired) electrons. The minimum absolute atomic E-state index is 0.589. The summed E-state index contributed by atoms with van der Waals surface area (Å²) in [6, 6.07) is 6.40. The van der Waals surface area contributed by atoms with Gasteiger partial charge < -0.3 is 15.2 Å². The predicted molar refractivity (Wildman–Crippen MR) is 57.0 cm³/mol. The molecule has 0 aliphatic rings. The zero-order valence-corrected chi connectivity index (χ0v) is 8.86. The number of carbonyl (C=O) groups is 1. The highest BCUT2D eigenvalue weighted by Crippen LogP contribution is 2.24. The van der Waals surface area contributed by atoms with Crippen molar-refractivity contribution < 1.29 is 14.6 Å². The average Bonchev–Trinajstić information content (AvgIpc) is 2.25. The summed E-state index contributed by atoms with van der Waals surface area (Å²) in [7, 11) is 1.53. The smallest absolute Gasteiger partial charge is 0.325 e. The molecule has 0 aliphatic heterocycles. The lowest BCUT2D eigenvalue weighted by molar-refractivity contribution is -0.139. The topological polar surface area (TPSA) is 58.6 Å². The fraction of sp³-hybridized carbons (Fsp3) is 0.364. The standard InChI is InChI=1S/C11H15NO3/c1-3-12-10(11(13)14)8-6-4-5-7-9(8)15-2/h4-7,10,12H,3H2,1-2H3,(H,13,14). The average molecular weight is 209 g/mol. The molecule has 0 saturated heterocycles. The lowest BCUT2D eigenvalue weighted by Crippen LogP contribution is -2.28. The third-order valence-electron chi connectivity index (χ3n) is 2.11. The number of para-hydroxylation sites is 1. The van der Waals surface area contributed by atoms with Crippen LogP contribution in [0.5, 0.6) is 5.75 Å². The van der Waals surface area contributed by atoms with Crippen LogP contribution in [-0.2, 0) is 4.79 Å². The van der Waals surface area contributed by atoms with Crippen LogP contribution >= 0.6 is 0 Å². The number of rotatable bonds is 5. The zero-order chi connectivity index (χ0) is 11.3. The van der Waals surface area contributed by atoms with Crippen LogP contribution < -0.4 is 10.1 Å². The Labute approximate surface area is 88.9 Å². The van der Waals surface area contributed by atoms with Crippen molar-refractivity contribution in [2.24, 2.45) is 0 Å². The Morgan fingerprint density at radius 3 is 2.73 bits per heavy atom. The van der Waals surface area contributed by atoms with E-state index in [2.05, 4.69) is 5.32 Å². The monoisotopic (exact) mass is 209 g/mol. The number of benzene rings is 1. The van der Waals surface area contributed by atoms with Crippen molar-refractivity contribution in [1.29, 1.82) is 0 Å². The second-order valence-electron chi connectivity index (χ2n) is 3.07. The van der Waals surface area contributed by atoms with E-state index in [-0.39, 0.29) is 0 Å². The molecule has 2 N–H and O–H groups in total. The number of carboxylic acid groups (broad SMARTS) is 1. The van der Waals surface area contributed by atoms with E-state index in [0.29, 0.717) is 17.9 Å². The van der Waals surface area contributed by atoms with Crippen LogP contribution in [0.25, 0.3) is 0 Å². The molecule has 4 heteroatoms. The van der Waals surface area contributed by atoms with Crippen LogP contribution in [0, 0.1) is 0 Å². The maximum atomic E-state index is 11.0. The van der Waals surface area contributed by atoms with E-state index < -0.39 is 12.0 Å². The van der Waals surface area contributed by atoms with Crippen LogP contribution in [-0.4, -0.2) is 24.7 Å². The van der Waals surface area contributed by atoms with Gasteiger partial charge in [0.1, 0.15) is 11.8 Å². The van der Waals surface area contributed by atoms with Crippen molar-refractivity contribution in [3.05, 3.63) is 29.8 Å². The number of methoxy groups -OCH3 is 1. The molecule has 0 heterocycles. The Bertz CT molecular complexity index is 338. The minimum Gasteiger partial charge on any atom is -0.496 e. The molecule has 82 valence electrons. The number of ether oxygens (including phenoxy) is 1. The molecule has 0 fully saturated rings. The molecule has 0 saturated carbocycles. The van der Waals surface area contributed by atoms with Gasteiger partial charge in [-0.05, 0) is 12.6 Å². The van der Waals surface area contributed by atoms with Gasteiger partial charge in [-0.2, -0.15) is 0 Å². The molecule has 15 heavy (non-hydrogen) atoms.